The topological polar surface area (TPSA) is 111 Å². The second-order valence-corrected chi connectivity index (χ2v) is 11.4. The molecule has 0 saturated carbocycles. The van der Waals surface area contributed by atoms with Gasteiger partial charge in [0.1, 0.15) is 11.5 Å². The summed E-state index contributed by atoms with van der Waals surface area (Å²) in [6.07, 6.45) is 1.62. The second-order valence-electron chi connectivity index (χ2n) is 9.97. The Kier molecular flexibility index (Phi) is 7.90. The Morgan fingerprint density at radius 1 is 1.05 bits per heavy atom. The van der Waals surface area contributed by atoms with Crippen LogP contribution in [0.4, 0.5) is 0 Å². The van der Waals surface area contributed by atoms with E-state index < -0.39 is 18.0 Å². The molecule has 0 spiro atoms. The number of carboxylic acids is 1. The highest BCUT2D eigenvalue weighted by Gasteiger charge is 2.35. The largest absolute Gasteiger partial charge is 0.478 e. The number of ether oxygens (including phenoxy) is 1. The zero-order valence-electron chi connectivity index (χ0n) is 23.6. The molecule has 3 heterocycles. The van der Waals surface area contributed by atoms with Gasteiger partial charge in [-0.3, -0.25) is 9.36 Å². The summed E-state index contributed by atoms with van der Waals surface area (Å²) in [4.78, 5) is 44.5. The van der Waals surface area contributed by atoms with Crippen LogP contribution in [0.1, 0.15) is 45.8 Å². The lowest BCUT2D eigenvalue weighted by Crippen LogP contribution is -2.39. The maximum Gasteiger partial charge on any atom is 0.338 e. The summed E-state index contributed by atoms with van der Waals surface area (Å²) in [5, 5.41) is 10.0. The molecule has 0 aliphatic carbocycles. The zero-order valence-corrected chi connectivity index (χ0v) is 25.2. The molecule has 8 nitrogen and oxygen atoms in total. The number of hydrogen-bond acceptors (Lipinski definition) is 7. The van der Waals surface area contributed by atoms with Crippen LogP contribution in [-0.2, 0) is 9.53 Å². The van der Waals surface area contributed by atoms with Gasteiger partial charge >= 0.3 is 11.9 Å². The average Bonchev–Trinajstić information content (AvgIpc) is 3.61. The minimum Gasteiger partial charge on any atom is -0.478 e. The summed E-state index contributed by atoms with van der Waals surface area (Å²) in [5.74, 6) is -0.718. The van der Waals surface area contributed by atoms with Crippen LogP contribution in [0.5, 0.6) is 0 Å². The number of thiazole rings is 1. The van der Waals surface area contributed by atoms with Crippen LogP contribution >= 0.6 is 22.9 Å². The van der Waals surface area contributed by atoms with Gasteiger partial charge in [-0.05, 0) is 55.3 Å². The normalized spacial score (nSPS) is 14.7. The molecule has 0 fully saturated rings. The summed E-state index contributed by atoms with van der Waals surface area (Å²) in [6, 6.07) is 23.9. The number of rotatable bonds is 7. The highest BCUT2D eigenvalue weighted by Crippen LogP contribution is 2.35. The SMILES string of the molecule is CCOC(=O)C1=C(c2ccccc2)N=c2s/c(=C\c3ccc(-c4cccc(C(=O)O)c4C)o3)c(=O)n2[C@@H]1c1ccc(Cl)cc1. The van der Waals surface area contributed by atoms with Crippen LogP contribution in [0.25, 0.3) is 23.1 Å². The standard InChI is InChI=1S/C34H25ClN2O6S/c1-3-42-33(41)28-29(20-8-5-4-6-9-20)36-34-37(30(28)21-12-14-22(35)15-13-21)31(38)27(44-34)18-23-16-17-26(43-23)24-10-7-11-25(19(24)2)32(39)40/h4-18,30H,3H2,1-2H3,(H,39,40)/b27-18-/t30-/m1/s1. The Hall–Kier alpha value is -4.99. The van der Waals surface area contributed by atoms with Crippen LogP contribution in [0.3, 0.4) is 0 Å². The smallest absolute Gasteiger partial charge is 0.338 e. The van der Waals surface area contributed by atoms with Gasteiger partial charge in [0.2, 0.25) is 0 Å². The first-order valence-electron chi connectivity index (χ1n) is 13.7. The fourth-order valence-electron chi connectivity index (χ4n) is 5.24. The van der Waals surface area contributed by atoms with E-state index in [4.69, 9.17) is 25.7 Å². The minimum absolute atomic E-state index is 0.151. The van der Waals surface area contributed by atoms with Crippen LogP contribution < -0.4 is 14.9 Å². The molecule has 0 radical (unpaired) electrons. The molecule has 44 heavy (non-hydrogen) atoms. The van der Waals surface area contributed by atoms with Crippen molar-refractivity contribution in [2.24, 2.45) is 4.99 Å². The molecule has 6 rings (SSSR count). The molecule has 0 unspecified atom stereocenters. The number of esters is 1. The third kappa shape index (κ3) is 5.32. The Labute approximate surface area is 260 Å². The predicted molar refractivity (Wildman–Crippen MR) is 168 cm³/mol. The zero-order chi connectivity index (χ0) is 31.0. The van der Waals surface area contributed by atoms with Gasteiger partial charge in [0, 0.05) is 22.2 Å². The van der Waals surface area contributed by atoms with Crippen molar-refractivity contribution in [3.8, 4) is 11.3 Å². The molecule has 0 bridgehead atoms. The van der Waals surface area contributed by atoms with Gasteiger partial charge < -0.3 is 14.3 Å². The van der Waals surface area contributed by atoms with E-state index in [1.54, 1.807) is 68.5 Å². The first-order chi connectivity index (χ1) is 21.3. The lowest BCUT2D eigenvalue weighted by atomic mass is 9.93. The Morgan fingerprint density at radius 3 is 2.50 bits per heavy atom. The minimum atomic E-state index is -1.02. The number of carbonyl (C=O) groups is 2. The monoisotopic (exact) mass is 624 g/mol. The molecular weight excluding hydrogens is 600 g/mol. The Morgan fingerprint density at radius 2 is 1.80 bits per heavy atom. The third-order valence-corrected chi connectivity index (χ3v) is 8.52. The number of carbonyl (C=O) groups excluding carboxylic acids is 1. The second kappa shape index (κ2) is 11.9. The summed E-state index contributed by atoms with van der Waals surface area (Å²) >= 11 is 7.37. The number of furan rings is 1. The maximum atomic E-state index is 14.1. The summed E-state index contributed by atoms with van der Waals surface area (Å²) in [7, 11) is 0. The van der Waals surface area contributed by atoms with Crippen molar-refractivity contribution in [2.75, 3.05) is 6.61 Å². The van der Waals surface area contributed by atoms with E-state index in [1.165, 1.54) is 22.0 Å². The van der Waals surface area contributed by atoms with E-state index in [0.29, 0.717) is 53.8 Å². The molecule has 1 N–H and O–H groups in total. The molecule has 1 aliphatic rings. The van der Waals surface area contributed by atoms with Gasteiger partial charge in [-0.2, -0.15) is 0 Å². The third-order valence-electron chi connectivity index (χ3n) is 7.29. The number of aromatic nitrogens is 1. The van der Waals surface area contributed by atoms with Crippen LogP contribution in [0.15, 0.2) is 105 Å². The maximum absolute atomic E-state index is 14.1. The number of hydrogen-bond donors (Lipinski definition) is 1. The quantitative estimate of drug-likeness (QED) is 0.227. The van der Waals surface area contributed by atoms with E-state index in [-0.39, 0.29) is 23.3 Å². The first kappa shape index (κ1) is 29.1. The molecule has 220 valence electrons. The van der Waals surface area contributed by atoms with Gasteiger partial charge in [0.25, 0.3) is 5.56 Å². The van der Waals surface area contributed by atoms with E-state index in [9.17, 15) is 19.5 Å². The summed E-state index contributed by atoms with van der Waals surface area (Å²) in [5.41, 5.74) is 3.08. The molecular formula is C34H25ClN2O6S. The average molecular weight is 625 g/mol. The van der Waals surface area contributed by atoms with Crippen molar-refractivity contribution in [1.29, 1.82) is 0 Å². The highest BCUT2D eigenvalue weighted by atomic mass is 35.5. The van der Waals surface area contributed by atoms with Gasteiger partial charge in [-0.25, -0.2) is 14.6 Å². The van der Waals surface area contributed by atoms with Crippen LogP contribution in [0.2, 0.25) is 5.02 Å². The van der Waals surface area contributed by atoms with Crippen molar-refractivity contribution in [2.45, 2.75) is 19.9 Å². The lowest BCUT2D eigenvalue weighted by molar-refractivity contribution is -0.138. The number of nitrogens with zero attached hydrogens (tertiary/aromatic N) is 2. The number of fused-ring (bicyclic) bond motifs is 1. The Bertz CT molecular complexity index is 2120. The summed E-state index contributed by atoms with van der Waals surface area (Å²) in [6.45, 7) is 3.60. The van der Waals surface area contributed by atoms with Crippen LogP contribution in [0, 0.1) is 6.92 Å². The molecule has 0 amide bonds. The molecule has 1 atom stereocenters. The predicted octanol–water partition coefficient (Wildman–Crippen LogP) is 5.86. The molecule has 10 heteroatoms. The van der Waals surface area contributed by atoms with Crippen LogP contribution in [-0.4, -0.2) is 28.2 Å². The first-order valence-corrected chi connectivity index (χ1v) is 14.9. The summed E-state index contributed by atoms with van der Waals surface area (Å²) < 4.78 is 13.4. The van der Waals surface area contributed by atoms with Gasteiger partial charge in [-0.15, -0.1) is 0 Å². The number of halogens is 1. The molecule has 5 aromatic rings. The fraction of sp³-hybridized carbons (Fsp3) is 0.118. The number of carboxylic acid groups (broad SMARTS) is 1. The van der Waals surface area contributed by atoms with Crippen molar-refractivity contribution in [3.63, 3.8) is 0 Å². The van der Waals surface area contributed by atoms with E-state index in [0.717, 1.165) is 0 Å². The molecule has 2 aromatic heterocycles. The highest BCUT2D eigenvalue weighted by molar-refractivity contribution is 7.07. The van der Waals surface area contributed by atoms with E-state index in [1.807, 2.05) is 30.3 Å². The fourth-order valence-corrected chi connectivity index (χ4v) is 6.35. The van der Waals surface area contributed by atoms with Crippen molar-refractivity contribution >= 4 is 46.6 Å². The number of benzene rings is 3. The molecule has 1 aliphatic heterocycles. The van der Waals surface area contributed by atoms with Gasteiger partial charge in [0.15, 0.2) is 4.80 Å². The van der Waals surface area contributed by atoms with Crippen molar-refractivity contribution < 1.29 is 23.8 Å². The van der Waals surface area contributed by atoms with Crippen molar-refractivity contribution in [3.05, 3.63) is 143 Å². The van der Waals surface area contributed by atoms with Gasteiger partial charge in [0.05, 0.1) is 34.0 Å². The van der Waals surface area contributed by atoms with Crippen molar-refractivity contribution in [1.82, 2.24) is 4.57 Å². The lowest BCUT2D eigenvalue weighted by Gasteiger charge is -2.25. The number of aromatic carboxylic acids is 1. The Balaban J connectivity index is 1.54. The van der Waals surface area contributed by atoms with Gasteiger partial charge in [-0.1, -0.05) is 77.5 Å². The van der Waals surface area contributed by atoms with E-state index >= 15 is 0 Å². The molecule has 3 aromatic carbocycles. The van der Waals surface area contributed by atoms with E-state index in [2.05, 4.69) is 0 Å². The molecule has 0 saturated heterocycles.